The minimum atomic E-state index is -0.180. The Balaban J connectivity index is 0.00000137. The monoisotopic (exact) mass is 252 g/mol. The van der Waals surface area contributed by atoms with E-state index >= 15 is 0 Å². The van der Waals surface area contributed by atoms with Gasteiger partial charge in [0.1, 0.15) is 22.7 Å². The van der Waals surface area contributed by atoms with Gasteiger partial charge < -0.3 is 9.47 Å². The summed E-state index contributed by atoms with van der Waals surface area (Å²) in [6.45, 7) is 16.2. The van der Waals surface area contributed by atoms with E-state index in [-0.39, 0.29) is 11.2 Å². The highest BCUT2D eigenvalue weighted by Gasteiger charge is 2.14. The molecule has 0 amide bonds. The fourth-order valence-corrected chi connectivity index (χ4v) is 1.31. The second-order valence-corrected chi connectivity index (χ2v) is 5.90. The zero-order valence-electron chi connectivity index (χ0n) is 13.1. The van der Waals surface area contributed by atoms with E-state index in [4.69, 9.17) is 9.47 Å². The summed E-state index contributed by atoms with van der Waals surface area (Å²) >= 11 is 0. The minimum Gasteiger partial charge on any atom is -0.488 e. The highest BCUT2D eigenvalue weighted by atomic mass is 16.5. The highest BCUT2D eigenvalue weighted by molar-refractivity contribution is 5.33. The molecule has 0 atom stereocenters. The van der Waals surface area contributed by atoms with Crippen LogP contribution in [-0.4, -0.2) is 11.2 Å². The van der Waals surface area contributed by atoms with Crippen molar-refractivity contribution in [1.29, 1.82) is 0 Å². The largest absolute Gasteiger partial charge is 0.488 e. The Kier molecular flexibility index (Phi) is 6.23. The molecule has 0 heterocycles. The van der Waals surface area contributed by atoms with Gasteiger partial charge in [0.05, 0.1) is 0 Å². The van der Waals surface area contributed by atoms with Crippen LogP contribution in [0.15, 0.2) is 24.3 Å². The molecule has 0 aromatic heterocycles. The van der Waals surface area contributed by atoms with Gasteiger partial charge in [0, 0.05) is 6.07 Å². The molecule has 0 N–H and O–H groups in total. The number of ether oxygens (including phenoxy) is 2. The minimum absolute atomic E-state index is 0.180. The lowest BCUT2D eigenvalue weighted by atomic mass is 10.2. The van der Waals surface area contributed by atoms with Gasteiger partial charge in [0.15, 0.2) is 0 Å². The van der Waals surface area contributed by atoms with Crippen LogP contribution in [0.5, 0.6) is 11.5 Å². The summed E-state index contributed by atoms with van der Waals surface area (Å²) in [7, 11) is 0. The molecule has 0 radical (unpaired) electrons. The van der Waals surface area contributed by atoms with E-state index in [2.05, 4.69) is 0 Å². The van der Waals surface area contributed by atoms with E-state index in [1.807, 2.05) is 79.7 Å². The molecule has 0 spiro atoms. The van der Waals surface area contributed by atoms with Crippen molar-refractivity contribution in [3.05, 3.63) is 24.3 Å². The Labute approximate surface area is 112 Å². The molecule has 104 valence electrons. The first-order valence-electron chi connectivity index (χ1n) is 6.64. The molecular formula is C16H28O2. The van der Waals surface area contributed by atoms with Gasteiger partial charge in [-0.1, -0.05) is 19.9 Å². The van der Waals surface area contributed by atoms with E-state index in [1.54, 1.807) is 0 Å². The predicted molar refractivity (Wildman–Crippen MR) is 78.6 cm³/mol. The third-order valence-corrected chi connectivity index (χ3v) is 1.65. The van der Waals surface area contributed by atoms with E-state index in [9.17, 15) is 0 Å². The fourth-order valence-electron chi connectivity index (χ4n) is 1.31. The molecule has 0 unspecified atom stereocenters. The summed E-state index contributed by atoms with van der Waals surface area (Å²) in [6, 6.07) is 7.76. The average Bonchev–Trinajstić information content (AvgIpc) is 2.15. The normalized spacial score (nSPS) is 11.3. The summed E-state index contributed by atoms with van der Waals surface area (Å²) in [6.07, 6.45) is 0. The van der Waals surface area contributed by atoms with Crippen LogP contribution in [0.1, 0.15) is 55.4 Å². The Hall–Kier alpha value is -1.18. The maximum atomic E-state index is 5.78. The number of hydrogen-bond acceptors (Lipinski definition) is 2. The Morgan fingerprint density at radius 1 is 0.722 bits per heavy atom. The van der Waals surface area contributed by atoms with Crippen LogP contribution in [0.2, 0.25) is 0 Å². The molecule has 0 aliphatic heterocycles. The SMILES string of the molecule is CC.CC(C)(C)Oc1cccc(OC(C)(C)C)c1. The van der Waals surface area contributed by atoms with Crippen molar-refractivity contribution in [3.63, 3.8) is 0 Å². The van der Waals surface area contributed by atoms with E-state index in [0.717, 1.165) is 11.5 Å². The lowest BCUT2D eigenvalue weighted by Gasteiger charge is -2.24. The first-order chi connectivity index (χ1) is 8.16. The summed E-state index contributed by atoms with van der Waals surface area (Å²) < 4.78 is 11.6. The standard InChI is InChI=1S/C14H22O2.C2H6/c1-13(2,3)15-11-8-7-9-12(10-11)16-14(4,5)6;1-2/h7-10H,1-6H3;1-2H3. The average molecular weight is 252 g/mol. The number of hydrogen-bond donors (Lipinski definition) is 0. The molecule has 0 saturated heterocycles. The molecule has 0 fully saturated rings. The second kappa shape index (κ2) is 6.67. The van der Waals surface area contributed by atoms with Crippen LogP contribution < -0.4 is 9.47 Å². The molecule has 0 aliphatic rings. The molecular weight excluding hydrogens is 224 g/mol. The van der Waals surface area contributed by atoms with Crippen molar-refractivity contribution >= 4 is 0 Å². The van der Waals surface area contributed by atoms with Crippen LogP contribution in [0.3, 0.4) is 0 Å². The van der Waals surface area contributed by atoms with Gasteiger partial charge in [0.2, 0.25) is 0 Å². The van der Waals surface area contributed by atoms with Gasteiger partial charge in [-0.05, 0) is 53.7 Å². The molecule has 0 bridgehead atoms. The van der Waals surface area contributed by atoms with Crippen molar-refractivity contribution in [3.8, 4) is 11.5 Å². The van der Waals surface area contributed by atoms with Gasteiger partial charge in [-0.3, -0.25) is 0 Å². The van der Waals surface area contributed by atoms with E-state index in [0.29, 0.717) is 0 Å². The van der Waals surface area contributed by atoms with Crippen molar-refractivity contribution in [2.75, 3.05) is 0 Å². The zero-order valence-corrected chi connectivity index (χ0v) is 13.1. The Morgan fingerprint density at radius 2 is 1.06 bits per heavy atom. The lowest BCUT2D eigenvalue weighted by Crippen LogP contribution is -2.24. The molecule has 0 saturated carbocycles. The Bertz CT molecular complexity index is 312. The van der Waals surface area contributed by atoms with Gasteiger partial charge in [-0.15, -0.1) is 0 Å². The molecule has 2 nitrogen and oxygen atoms in total. The van der Waals surface area contributed by atoms with Crippen LogP contribution in [0.25, 0.3) is 0 Å². The highest BCUT2D eigenvalue weighted by Crippen LogP contribution is 2.25. The summed E-state index contributed by atoms with van der Waals surface area (Å²) in [5.41, 5.74) is -0.360. The first-order valence-corrected chi connectivity index (χ1v) is 6.64. The third-order valence-electron chi connectivity index (χ3n) is 1.65. The van der Waals surface area contributed by atoms with Gasteiger partial charge in [-0.25, -0.2) is 0 Å². The number of benzene rings is 1. The van der Waals surface area contributed by atoms with Crippen molar-refractivity contribution in [1.82, 2.24) is 0 Å². The molecule has 1 aromatic carbocycles. The van der Waals surface area contributed by atoms with Gasteiger partial charge in [-0.2, -0.15) is 0 Å². The van der Waals surface area contributed by atoms with Crippen LogP contribution in [0.4, 0.5) is 0 Å². The molecule has 1 rings (SSSR count). The molecule has 2 heteroatoms. The van der Waals surface area contributed by atoms with Crippen molar-refractivity contribution in [2.24, 2.45) is 0 Å². The van der Waals surface area contributed by atoms with E-state index in [1.165, 1.54) is 0 Å². The number of rotatable bonds is 2. The first kappa shape index (κ1) is 16.8. The van der Waals surface area contributed by atoms with E-state index < -0.39 is 0 Å². The fraction of sp³-hybridized carbons (Fsp3) is 0.625. The summed E-state index contributed by atoms with van der Waals surface area (Å²) in [4.78, 5) is 0. The summed E-state index contributed by atoms with van der Waals surface area (Å²) in [5.74, 6) is 1.68. The van der Waals surface area contributed by atoms with Crippen LogP contribution >= 0.6 is 0 Å². The van der Waals surface area contributed by atoms with Crippen LogP contribution in [0, 0.1) is 0 Å². The van der Waals surface area contributed by atoms with Crippen LogP contribution in [-0.2, 0) is 0 Å². The van der Waals surface area contributed by atoms with Crippen molar-refractivity contribution in [2.45, 2.75) is 66.6 Å². The second-order valence-electron chi connectivity index (χ2n) is 5.90. The predicted octanol–water partition coefficient (Wildman–Crippen LogP) is 5.07. The lowest BCUT2D eigenvalue weighted by molar-refractivity contribution is 0.121. The van der Waals surface area contributed by atoms with Gasteiger partial charge in [0.25, 0.3) is 0 Å². The Morgan fingerprint density at radius 3 is 1.33 bits per heavy atom. The van der Waals surface area contributed by atoms with Crippen molar-refractivity contribution < 1.29 is 9.47 Å². The maximum Gasteiger partial charge on any atom is 0.123 e. The molecule has 1 aromatic rings. The quantitative estimate of drug-likeness (QED) is 0.731. The topological polar surface area (TPSA) is 18.5 Å². The third kappa shape index (κ3) is 7.99. The zero-order chi connectivity index (χ0) is 14.4. The molecule has 0 aliphatic carbocycles. The molecule has 18 heavy (non-hydrogen) atoms. The van der Waals surface area contributed by atoms with Gasteiger partial charge >= 0.3 is 0 Å². The maximum absolute atomic E-state index is 5.78. The smallest absolute Gasteiger partial charge is 0.123 e. The summed E-state index contributed by atoms with van der Waals surface area (Å²) in [5, 5.41) is 0.